The number of carbonyl (C=O) groups excluding carboxylic acids is 1. The first kappa shape index (κ1) is 15.8. The molecule has 1 fully saturated rings. The Morgan fingerprint density at radius 2 is 1.95 bits per heavy atom. The minimum absolute atomic E-state index is 0.0717. The molecule has 116 valence electrons. The Kier molecular flexibility index (Phi) is 4.25. The predicted molar refractivity (Wildman–Crippen MR) is 78.5 cm³/mol. The van der Waals surface area contributed by atoms with E-state index in [2.05, 4.69) is 5.32 Å². The number of sulfonamides is 1. The molecular weight excluding hydrogens is 292 g/mol. The van der Waals surface area contributed by atoms with Crippen LogP contribution in [-0.4, -0.2) is 26.5 Å². The minimum Gasteiger partial charge on any atom is -0.481 e. The smallest absolute Gasteiger partial charge is 0.260 e. The van der Waals surface area contributed by atoms with Gasteiger partial charge in [0.05, 0.1) is 4.90 Å². The van der Waals surface area contributed by atoms with Gasteiger partial charge in [0, 0.05) is 6.04 Å². The number of hydrogen-bond acceptors (Lipinski definition) is 4. The summed E-state index contributed by atoms with van der Waals surface area (Å²) in [5.41, 5.74) is 1.19. The SMILES string of the molecule is Cc1c(OC(C)C(=O)NC2CC2)ccc(S(N)(=O)=O)c1C. The van der Waals surface area contributed by atoms with Crippen molar-refractivity contribution >= 4 is 15.9 Å². The zero-order valence-electron chi connectivity index (χ0n) is 12.3. The maximum Gasteiger partial charge on any atom is 0.260 e. The number of nitrogens with one attached hydrogen (secondary N) is 1. The van der Waals surface area contributed by atoms with Crippen LogP contribution in [0.3, 0.4) is 0 Å². The van der Waals surface area contributed by atoms with Crippen molar-refractivity contribution in [1.29, 1.82) is 0 Å². The number of amides is 1. The molecule has 1 unspecified atom stereocenters. The summed E-state index contributed by atoms with van der Waals surface area (Å²) in [6.07, 6.45) is 1.39. The molecule has 3 N–H and O–H groups in total. The molecule has 0 saturated heterocycles. The van der Waals surface area contributed by atoms with Gasteiger partial charge in [-0.3, -0.25) is 4.79 Å². The average molecular weight is 312 g/mol. The quantitative estimate of drug-likeness (QED) is 0.847. The Morgan fingerprint density at radius 3 is 2.48 bits per heavy atom. The molecule has 1 atom stereocenters. The third-order valence-corrected chi connectivity index (χ3v) is 4.65. The zero-order chi connectivity index (χ0) is 15.8. The normalized spacial score (nSPS) is 16.4. The summed E-state index contributed by atoms with van der Waals surface area (Å²) in [5, 5.41) is 8.02. The first-order valence-corrected chi connectivity index (χ1v) is 8.35. The Balaban J connectivity index is 2.17. The first-order chi connectivity index (χ1) is 9.70. The predicted octanol–water partition coefficient (Wildman–Crippen LogP) is 0.997. The van der Waals surface area contributed by atoms with Gasteiger partial charge < -0.3 is 10.1 Å². The highest BCUT2D eigenvalue weighted by Gasteiger charge is 2.27. The van der Waals surface area contributed by atoms with Crippen LogP contribution < -0.4 is 15.2 Å². The molecule has 1 aromatic carbocycles. The van der Waals surface area contributed by atoms with E-state index in [0.717, 1.165) is 12.8 Å². The molecule has 0 aromatic heterocycles. The number of ether oxygens (including phenoxy) is 1. The highest BCUT2D eigenvalue weighted by molar-refractivity contribution is 7.89. The highest BCUT2D eigenvalue weighted by Crippen LogP contribution is 2.27. The molecule has 0 radical (unpaired) electrons. The Labute approximate surface area is 124 Å². The first-order valence-electron chi connectivity index (χ1n) is 6.80. The molecule has 0 bridgehead atoms. The fourth-order valence-electron chi connectivity index (χ4n) is 2.00. The summed E-state index contributed by atoms with van der Waals surface area (Å²) in [6, 6.07) is 3.21. The molecule has 1 aromatic rings. The van der Waals surface area contributed by atoms with Gasteiger partial charge in [-0.05, 0) is 56.9 Å². The van der Waals surface area contributed by atoms with Gasteiger partial charge in [0.15, 0.2) is 6.10 Å². The fraction of sp³-hybridized carbons (Fsp3) is 0.500. The monoisotopic (exact) mass is 312 g/mol. The lowest BCUT2D eigenvalue weighted by Crippen LogP contribution is -2.37. The summed E-state index contributed by atoms with van der Waals surface area (Å²) >= 11 is 0. The third-order valence-electron chi connectivity index (χ3n) is 3.59. The van der Waals surface area contributed by atoms with Crippen molar-refractivity contribution in [3.05, 3.63) is 23.3 Å². The van der Waals surface area contributed by atoms with Crippen LogP contribution in [-0.2, 0) is 14.8 Å². The van der Waals surface area contributed by atoms with Crippen molar-refractivity contribution in [2.24, 2.45) is 5.14 Å². The lowest BCUT2D eigenvalue weighted by atomic mass is 10.1. The standard InChI is InChI=1S/C14H20N2O4S/c1-8-9(2)13(21(15,18)19)7-6-12(8)20-10(3)14(17)16-11-4-5-11/h6-7,10-11H,4-5H2,1-3H3,(H,16,17)(H2,15,18,19). The molecular formula is C14H20N2O4S. The average Bonchev–Trinajstić information content (AvgIpc) is 3.17. The molecule has 0 heterocycles. The lowest BCUT2D eigenvalue weighted by molar-refractivity contribution is -0.127. The van der Waals surface area contributed by atoms with Crippen LogP contribution in [0.25, 0.3) is 0 Å². The number of carbonyl (C=O) groups is 1. The molecule has 1 aliphatic rings. The van der Waals surface area contributed by atoms with Crippen LogP contribution >= 0.6 is 0 Å². The second-order valence-electron chi connectivity index (χ2n) is 5.40. The Morgan fingerprint density at radius 1 is 1.33 bits per heavy atom. The topological polar surface area (TPSA) is 98.5 Å². The van der Waals surface area contributed by atoms with E-state index in [1.165, 1.54) is 12.1 Å². The maximum absolute atomic E-state index is 11.9. The van der Waals surface area contributed by atoms with Gasteiger partial charge in [0.25, 0.3) is 5.91 Å². The summed E-state index contributed by atoms with van der Waals surface area (Å²) in [4.78, 5) is 11.9. The molecule has 0 spiro atoms. The van der Waals surface area contributed by atoms with Crippen molar-refractivity contribution < 1.29 is 17.9 Å². The third kappa shape index (κ3) is 3.74. The summed E-state index contributed by atoms with van der Waals surface area (Å²) in [6.45, 7) is 5.07. The van der Waals surface area contributed by atoms with Crippen LogP contribution in [0.4, 0.5) is 0 Å². The van der Waals surface area contributed by atoms with Gasteiger partial charge in [-0.1, -0.05) is 0 Å². The minimum atomic E-state index is -3.76. The van der Waals surface area contributed by atoms with Crippen molar-refractivity contribution in [1.82, 2.24) is 5.32 Å². The van der Waals surface area contributed by atoms with Crippen molar-refractivity contribution in [2.75, 3.05) is 0 Å². The second-order valence-corrected chi connectivity index (χ2v) is 6.93. The lowest BCUT2D eigenvalue weighted by Gasteiger charge is -2.18. The zero-order valence-corrected chi connectivity index (χ0v) is 13.2. The van der Waals surface area contributed by atoms with E-state index in [0.29, 0.717) is 16.9 Å². The van der Waals surface area contributed by atoms with E-state index in [1.807, 2.05) is 0 Å². The van der Waals surface area contributed by atoms with E-state index in [1.54, 1.807) is 20.8 Å². The molecule has 6 nitrogen and oxygen atoms in total. The summed E-state index contributed by atoms with van der Waals surface area (Å²) in [7, 11) is -3.76. The highest BCUT2D eigenvalue weighted by atomic mass is 32.2. The van der Waals surface area contributed by atoms with Gasteiger partial charge in [-0.2, -0.15) is 0 Å². The molecule has 2 rings (SSSR count). The molecule has 1 aliphatic carbocycles. The molecule has 1 saturated carbocycles. The summed E-state index contributed by atoms with van der Waals surface area (Å²) in [5.74, 6) is 0.323. The molecule has 7 heteroatoms. The van der Waals surface area contributed by atoms with Gasteiger partial charge in [0.2, 0.25) is 10.0 Å². The van der Waals surface area contributed by atoms with E-state index in [-0.39, 0.29) is 16.8 Å². The van der Waals surface area contributed by atoms with Crippen LogP contribution in [0.15, 0.2) is 17.0 Å². The fourth-order valence-corrected chi connectivity index (χ4v) is 2.83. The Hall–Kier alpha value is -1.60. The van der Waals surface area contributed by atoms with Crippen LogP contribution in [0.5, 0.6) is 5.75 Å². The van der Waals surface area contributed by atoms with Crippen LogP contribution in [0, 0.1) is 13.8 Å². The number of primary sulfonamides is 1. The summed E-state index contributed by atoms with van der Waals surface area (Å²) < 4.78 is 28.5. The number of hydrogen-bond donors (Lipinski definition) is 2. The van der Waals surface area contributed by atoms with Gasteiger partial charge >= 0.3 is 0 Å². The molecule has 0 aliphatic heterocycles. The van der Waals surface area contributed by atoms with Crippen LogP contribution in [0.1, 0.15) is 30.9 Å². The van der Waals surface area contributed by atoms with Crippen molar-refractivity contribution in [3.8, 4) is 5.75 Å². The Bertz CT molecular complexity index is 666. The molecule has 1 amide bonds. The van der Waals surface area contributed by atoms with Crippen LogP contribution in [0.2, 0.25) is 0 Å². The van der Waals surface area contributed by atoms with Crippen molar-refractivity contribution in [2.45, 2.75) is 50.7 Å². The number of nitrogens with two attached hydrogens (primary N) is 1. The number of rotatable bonds is 5. The van der Waals surface area contributed by atoms with E-state index >= 15 is 0 Å². The van der Waals surface area contributed by atoms with Gasteiger partial charge in [0.1, 0.15) is 5.75 Å². The van der Waals surface area contributed by atoms with Gasteiger partial charge in [-0.15, -0.1) is 0 Å². The molecule has 21 heavy (non-hydrogen) atoms. The number of benzene rings is 1. The van der Waals surface area contributed by atoms with Crippen molar-refractivity contribution in [3.63, 3.8) is 0 Å². The second kappa shape index (κ2) is 5.65. The largest absolute Gasteiger partial charge is 0.481 e. The van der Waals surface area contributed by atoms with E-state index in [9.17, 15) is 13.2 Å². The van der Waals surface area contributed by atoms with E-state index in [4.69, 9.17) is 9.88 Å². The van der Waals surface area contributed by atoms with E-state index < -0.39 is 16.1 Å². The maximum atomic E-state index is 11.9. The van der Waals surface area contributed by atoms with Gasteiger partial charge in [-0.25, -0.2) is 13.6 Å².